The first-order chi connectivity index (χ1) is 9.15. The Kier molecular flexibility index (Phi) is 4.18. The summed E-state index contributed by atoms with van der Waals surface area (Å²) in [5.41, 5.74) is 0.996. The Morgan fingerprint density at radius 2 is 1.68 bits per heavy atom. The molecule has 0 aliphatic carbocycles. The number of benzene rings is 2. The third-order valence-electron chi connectivity index (χ3n) is 2.30. The molecule has 0 amide bonds. The molecule has 19 heavy (non-hydrogen) atoms. The summed E-state index contributed by atoms with van der Waals surface area (Å²) < 4.78 is 38.1. The molecule has 0 fully saturated rings. The Hall–Kier alpha value is -2.30. The van der Waals surface area contributed by atoms with E-state index in [0.717, 1.165) is 12.1 Å². The minimum atomic E-state index is -0.937. The molecule has 0 saturated carbocycles. The molecule has 0 spiro atoms. The zero-order valence-electron chi connectivity index (χ0n) is 9.74. The van der Waals surface area contributed by atoms with Gasteiger partial charge in [-0.25, -0.2) is 13.2 Å². The molecular formula is C14H9F3NO. The van der Waals surface area contributed by atoms with E-state index in [1.165, 1.54) is 30.3 Å². The lowest BCUT2D eigenvalue weighted by Crippen LogP contribution is -1.91. The Balaban J connectivity index is 1.89. The minimum Gasteiger partial charge on any atom is -0.390 e. The van der Waals surface area contributed by atoms with Gasteiger partial charge in [0.15, 0.2) is 11.6 Å². The van der Waals surface area contributed by atoms with Gasteiger partial charge in [-0.15, -0.1) is 0 Å². The van der Waals surface area contributed by atoms with Crippen molar-refractivity contribution >= 4 is 6.21 Å². The predicted molar refractivity (Wildman–Crippen MR) is 64.1 cm³/mol. The molecule has 2 aromatic carbocycles. The first-order valence-electron chi connectivity index (χ1n) is 5.42. The first kappa shape index (κ1) is 13.1. The Bertz CT molecular complexity index is 582. The fourth-order valence-electron chi connectivity index (χ4n) is 1.35. The highest BCUT2D eigenvalue weighted by molar-refractivity contribution is 5.78. The lowest BCUT2D eigenvalue weighted by atomic mass is 10.2. The van der Waals surface area contributed by atoms with E-state index >= 15 is 0 Å². The molecule has 0 atom stereocenters. The molecule has 0 bridgehead atoms. The summed E-state index contributed by atoms with van der Waals surface area (Å²) in [7, 11) is 0. The number of nitrogens with zero attached hydrogens (tertiary/aromatic N) is 1. The van der Waals surface area contributed by atoms with Gasteiger partial charge in [0.2, 0.25) is 0 Å². The van der Waals surface area contributed by atoms with E-state index in [1.807, 2.05) is 0 Å². The average Bonchev–Trinajstić information content (AvgIpc) is 2.41. The molecule has 1 radical (unpaired) electrons. The van der Waals surface area contributed by atoms with Gasteiger partial charge in [0, 0.05) is 5.56 Å². The molecule has 97 valence electrons. The van der Waals surface area contributed by atoms with Crippen LogP contribution >= 0.6 is 0 Å². The highest BCUT2D eigenvalue weighted by Gasteiger charge is 2.02. The van der Waals surface area contributed by atoms with Crippen molar-refractivity contribution < 1.29 is 18.0 Å². The summed E-state index contributed by atoms with van der Waals surface area (Å²) in [6, 6.07) is 8.95. The molecule has 5 heteroatoms. The Labute approximate surface area is 108 Å². The van der Waals surface area contributed by atoms with E-state index in [4.69, 9.17) is 4.84 Å². The van der Waals surface area contributed by atoms with Crippen molar-refractivity contribution in [1.82, 2.24) is 0 Å². The van der Waals surface area contributed by atoms with Crippen molar-refractivity contribution in [3.05, 3.63) is 71.0 Å². The standard InChI is InChI=1S/C14H9F3NO/c15-12-4-1-10(2-5-12)8-18-19-9-11-3-6-13(16)14(17)7-11/h1-7H,9H2. The third kappa shape index (κ3) is 3.84. The molecule has 0 aliphatic rings. The summed E-state index contributed by atoms with van der Waals surface area (Å²) in [6.07, 6.45) is 2.54. The SMILES string of the molecule is Fc1ccc(/[C]=N\OCc2ccc(F)c(F)c2)cc1. The summed E-state index contributed by atoms with van der Waals surface area (Å²) in [6.45, 7) is -0.00854. The quantitative estimate of drug-likeness (QED) is 0.611. The van der Waals surface area contributed by atoms with Crippen LogP contribution in [0.1, 0.15) is 11.1 Å². The van der Waals surface area contributed by atoms with E-state index < -0.39 is 11.6 Å². The van der Waals surface area contributed by atoms with Gasteiger partial charge in [-0.2, -0.15) is 0 Å². The minimum absolute atomic E-state index is 0.00854. The molecule has 0 aliphatic heterocycles. The fourth-order valence-corrected chi connectivity index (χ4v) is 1.35. The second-order valence-corrected chi connectivity index (χ2v) is 3.73. The van der Waals surface area contributed by atoms with E-state index in [1.54, 1.807) is 0 Å². The molecule has 2 nitrogen and oxygen atoms in total. The fraction of sp³-hybridized carbons (Fsp3) is 0.0714. The van der Waals surface area contributed by atoms with Crippen LogP contribution < -0.4 is 0 Å². The van der Waals surface area contributed by atoms with Crippen LogP contribution in [0.15, 0.2) is 47.6 Å². The lowest BCUT2D eigenvalue weighted by molar-refractivity contribution is 0.132. The first-order valence-corrected chi connectivity index (χ1v) is 5.42. The molecule has 0 N–H and O–H groups in total. The molecule has 0 aromatic heterocycles. The molecule has 2 rings (SSSR count). The summed E-state index contributed by atoms with van der Waals surface area (Å²) in [5.74, 6) is -2.20. The highest BCUT2D eigenvalue weighted by Crippen LogP contribution is 2.09. The van der Waals surface area contributed by atoms with Gasteiger partial charge in [0.25, 0.3) is 0 Å². The second kappa shape index (κ2) is 6.04. The number of hydrogen-bond donors (Lipinski definition) is 0. The van der Waals surface area contributed by atoms with Crippen LogP contribution in [-0.2, 0) is 11.4 Å². The predicted octanol–water partition coefficient (Wildman–Crippen LogP) is 3.53. The van der Waals surface area contributed by atoms with E-state index in [0.29, 0.717) is 11.1 Å². The maximum absolute atomic E-state index is 12.9. The third-order valence-corrected chi connectivity index (χ3v) is 2.30. The topological polar surface area (TPSA) is 21.6 Å². The molecule has 2 aromatic rings. The monoisotopic (exact) mass is 264 g/mol. The van der Waals surface area contributed by atoms with Crippen molar-refractivity contribution in [2.45, 2.75) is 6.61 Å². The molecule has 0 heterocycles. The largest absolute Gasteiger partial charge is 0.390 e. The van der Waals surface area contributed by atoms with E-state index in [2.05, 4.69) is 11.4 Å². The molecule has 0 unspecified atom stereocenters. The van der Waals surface area contributed by atoms with Crippen LogP contribution in [-0.4, -0.2) is 6.21 Å². The maximum atomic E-state index is 12.9. The summed E-state index contributed by atoms with van der Waals surface area (Å²) >= 11 is 0. The van der Waals surface area contributed by atoms with Crippen LogP contribution in [0.4, 0.5) is 13.2 Å². The number of hydrogen-bond acceptors (Lipinski definition) is 2. The van der Waals surface area contributed by atoms with Crippen molar-refractivity contribution in [2.75, 3.05) is 0 Å². The molecular weight excluding hydrogens is 255 g/mol. The maximum Gasteiger partial charge on any atom is 0.159 e. The summed E-state index contributed by atoms with van der Waals surface area (Å²) in [4.78, 5) is 4.88. The van der Waals surface area contributed by atoms with Crippen molar-refractivity contribution in [3.8, 4) is 0 Å². The van der Waals surface area contributed by atoms with Crippen molar-refractivity contribution in [2.24, 2.45) is 5.16 Å². The normalized spacial score (nSPS) is 10.9. The van der Waals surface area contributed by atoms with Gasteiger partial charge in [-0.1, -0.05) is 11.2 Å². The van der Waals surface area contributed by atoms with Crippen LogP contribution in [0.5, 0.6) is 0 Å². The van der Waals surface area contributed by atoms with Gasteiger partial charge in [0.1, 0.15) is 18.6 Å². The highest BCUT2D eigenvalue weighted by atomic mass is 19.2. The van der Waals surface area contributed by atoms with Gasteiger partial charge < -0.3 is 4.84 Å². The van der Waals surface area contributed by atoms with E-state index in [9.17, 15) is 13.2 Å². The zero-order valence-corrected chi connectivity index (χ0v) is 9.74. The smallest absolute Gasteiger partial charge is 0.159 e. The summed E-state index contributed by atoms with van der Waals surface area (Å²) in [5, 5.41) is 3.53. The van der Waals surface area contributed by atoms with Crippen LogP contribution in [0, 0.1) is 17.5 Å². The van der Waals surface area contributed by atoms with Gasteiger partial charge in [-0.3, -0.25) is 0 Å². The van der Waals surface area contributed by atoms with Crippen LogP contribution in [0.2, 0.25) is 0 Å². The van der Waals surface area contributed by atoms with Gasteiger partial charge in [-0.05, 0) is 42.0 Å². The van der Waals surface area contributed by atoms with Crippen LogP contribution in [0.25, 0.3) is 0 Å². The Morgan fingerprint density at radius 3 is 2.37 bits per heavy atom. The zero-order chi connectivity index (χ0) is 13.7. The van der Waals surface area contributed by atoms with Crippen LogP contribution in [0.3, 0.4) is 0 Å². The second-order valence-electron chi connectivity index (χ2n) is 3.73. The van der Waals surface area contributed by atoms with Crippen molar-refractivity contribution in [3.63, 3.8) is 0 Å². The number of halogens is 3. The van der Waals surface area contributed by atoms with E-state index in [-0.39, 0.29) is 12.4 Å². The van der Waals surface area contributed by atoms with Crippen molar-refractivity contribution in [1.29, 1.82) is 0 Å². The molecule has 0 saturated heterocycles. The number of rotatable bonds is 4. The average molecular weight is 264 g/mol. The lowest BCUT2D eigenvalue weighted by Gasteiger charge is -2.00. The van der Waals surface area contributed by atoms with Gasteiger partial charge in [0.05, 0.1) is 0 Å². The Morgan fingerprint density at radius 1 is 0.947 bits per heavy atom. The van der Waals surface area contributed by atoms with Gasteiger partial charge >= 0.3 is 0 Å².